The molecule has 0 unspecified atom stereocenters. The Morgan fingerprint density at radius 3 is 2.96 bits per heavy atom. The van der Waals surface area contributed by atoms with Crippen LogP contribution in [0.3, 0.4) is 0 Å². The summed E-state index contributed by atoms with van der Waals surface area (Å²) in [7, 11) is 0. The van der Waals surface area contributed by atoms with Gasteiger partial charge in [-0.25, -0.2) is 4.98 Å². The van der Waals surface area contributed by atoms with Crippen LogP contribution in [0.4, 0.5) is 10.8 Å². The predicted molar refractivity (Wildman–Crippen MR) is 95.3 cm³/mol. The number of carbonyl (C=O) groups is 1. The Morgan fingerprint density at radius 1 is 1.43 bits per heavy atom. The van der Waals surface area contributed by atoms with Crippen molar-refractivity contribution in [2.24, 2.45) is 0 Å². The normalized spacial score (nSPS) is 15.9. The zero-order chi connectivity index (χ0) is 16.2. The molecule has 1 fully saturated rings. The number of amides is 1. The topological polar surface area (TPSA) is 54.5 Å². The quantitative estimate of drug-likeness (QED) is 0.872. The van der Waals surface area contributed by atoms with Crippen molar-refractivity contribution < 1.29 is 9.53 Å². The highest BCUT2D eigenvalue weighted by Gasteiger charge is 2.15. The maximum atomic E-state index is 12.1. The Labute approximate surface area is 140 Å². The summed E-state index contributed by atoms with van der Waals surface area (Å²) < 4.78 is 6.47. The monoisotopic (exact) mass is 331 g/mol. The van der Waals surface area contributed by atoms with E-state index in [2.05, 4.69) is 15.2 Å². The molecule has 1 N–H and O–H groups in total. The molecule has 1 aromatic heterocycles. The maximum absolute atomic E-state index is 12.1. The second-order valence-corrected chi connectivity index (χ2v) is 6.54. The average molecular weight is 331 g/mol. The van der Waals surface area contributed by atoms with Gasteiger partial charge in [-0.05, 0) is 31.5 Å². The smallest absolute Gasteiger partial charge is 0.250 e. The summed E-state index contributed by atoms with van der Waals surface area (Å²) in [5, 5.41) is 3.97. The van der Waals surface area contributed by atoms with Gasteiger partial charge < -0.3 is 15.0 Å². The van der Waals surface area contributed by atoms with E-state index in [1.54, 1.807) is 11.3 Å². The molecule has 0 radical (unpaired) electrons. The van der Waals surface area contributed by atoms with E-state index >= 15 is 0 Å². The summed E-state index contributed by atoms with van der Waals surface area (Å²) in [6, 6.07) is 5.86. The van der Waals surface area contributed by atoms with Gasteiger partial charge in [0.25, 0.3) is 5.91 Å². The Balaban J connectivity index is 1.79. The van der Waals surface area contributed by atoms with Gasteiger partial charge in [0, 0.05) is 24.4 Å². The molecule has 2 aromatic rings. The molecule has 0 spiro atoms. The number of allylic oxidation sites excluding steroid dienone is 1. The van der Waals surface area contributed by atoms with E-state index in [0.717, 1.165) is 59.3 Å². The van der Waals surface area contributed by atoms with Gasteiger partial charge in [0.05, 0.1) is 23.4 Å². The van der Waals surface area contributed by atoms with Gasteiger partial charge in [0.15, 0.2) is 5.13 Å². The fourth-order valence-electron chi connectivity index (χ4n) is 2.51. The molecule has 1 saturated heterocycles. The second-order valence-electron chi connectivity index (χ2n) is 5.53. The molecule has 0 saturated carbocycles. The van der Waals surface area contributed by atoms with E-state index < -0.39 is 0 Å². The number of nitrogens with one attached hydrogen (secondary N) is 1. The van der Waals surface area contributed by atoms with Crippen molar-refractivity contribution in [1.82, 2.24) is 4.98 Å². The first-order valence-corrected chi connectivity index (χ1v) is 8.70. The minimum Gasteiger partial charge on any atom is -0.378 e. The molecular weight excluding hydrogens is 310 g/mol. The van der Waals surface area contributed by atoms with Crippen LogP contribution in [-0.2, 0) is 9.53 Å². The van der Waals surface area contributed by atoms with Crippen LogP contribution in [0.5, 0.6) is 0 Å². The maximum Gasteiger partial charge on any atom is 0.250 e. The van der Waals surface area contributed by atoms with Crippen LogP contribution in [0.15, 0.2) is 29.8 Å². The zero-order valence-corrected chi connectivity index (χ0v) is 14.3. The summed E-state index contributed by atoms with van der Waals surface area (Å²) in [5.74, 6) is -0.0517. The van der Waals surface area contributed by atoms with Crippen molar-refractivity contribution in [3.63, 3.8) is 0 Å². The van der Waals surface area contributed by atoms with Gasteiger partial charge in [-0.15, -0.1) is 0 Å². The minimum atomic E-state index is -0.0517. The van der Waals surface area contributed by atoms with Gasteiger partial charge in [-0.3, -0.25) is 4.79 Å². The summed E-state index contributed by atoms with van der Waals surface area (Å²) in [5.41, 5.74) is 2.52. The van der Waals surface area contributed by atoms with Crippen LogP contribution in [0.25, 0.3) is 10.2 Å². The van der Waals surface area contributed by atoms with E-state index in [9.17, 15) is 4.79 Å². The Kier molecular flexibility index (Phi) is 4.93. The molecular formula is C17H21N3O2S. The Hall–Kier alpha value is -1.92. The van der Waals surface area contributed by atoms with E-state index in [1.807, 2.05) is 38.1 Å². The number of rotatable bonds is 4. The van der Waals surface area contributed by atoms with Crippen LogP contribution in [0, 0.1) is 0 Å². The number of morpholine rings is 1. The highest BCUT2D eigenvalue weighted by molar-refractivity contribution is 7.22. The van der Waals surface area contributed by atoms with Gasteiger partial charge in [0.2, 0.25) is 0 Å². The van der Waals surface area contributed by atoms with Crippen LogP contribution >= 0.6 is 11.3 Å². The number of benzene rings is 1. The van der Waals surface area contributed by atoms with Crippen molar-refractivity contribution in [2.45, 2.75) is 20.3 Å². The molecule has 1 aliphatic heterocycles. The molecule has 1 aliphatic rings. The number of hydrogen-bond donors (Lipinski definition) is 1. The fraction of sp³-hybridized carbons (Fsp3) is 0.412. The highest BCUT2D eigenvalue weighted by Crippen LogP contribution is 2.31. The molecule has 0 aliphatic carbocycles. The lowest BCUT2D eigenvalue weighted by atomic mass is 10.2. The first-order valence-electron chi connectivity index (χ1n) is 7.89. The second kappa shape index (κ2) is 7.10. The van der Waals surface area contributed by atoms with E-state index in [1.165, 1.54) is 0 Å². The van der Waals surface area contributed by atoms with E-state index in [-0.39, 0.29) is 5.91 Å². The molecule has 122 valence electrons. The van der Waals surface area contributed by atoms with Crippen LogP contribution < -0.4 is 10.2 Å². The average Bonchev–Trinajstić information content (AvgIpc) is 2.99. The number of thiazole rings is 1. The molecule has 0 bridgehead atoms. The van der Waals surface area contributed by atoms with E-state index in [0.29, 0.717) is 0 Å². The zero-order valence-electron chi connectivity index (χ0n) is 13.5. The van der Waals surface area contributed by atoms with Crippen molar-refractivity contribution in [3.05, 3.63) is 29.8 Å². The molecule has 3 rings (SSSR count). The van der Waals surface area contributed by atoms with Crippen molar-refractivity contribution in [1.29, 1.82) is 0 Å². The number of aromatic nitrogens is 1. The number of ether oxygens (including phenoxy) is 1. The minimum absolute atomic E-state index is 0.0517. The molecule has 0 atom stereocenters. The number of carbonyl (C=O) groups excluding carboxylic acids is 1. The fourth-order valence-corrected chi connectivity index (χ4v) is 3.57. The lowest BCUT2D eigenvalue weighted by Crippen LogP contribution is -2.36. The third-order valence-electron chi connectivity index (χ3n) is 3.79. The Bertz CT molecular complexity index is 733. The van der Waals surface area contributed by atoms with Crippen LogP contribution in [0.1, 0.15) is 20.3 Å². The van der Waals surface area contributed by atoms with Crippen LogP contribution in [-0.4, -0.2) is 37.2 Å². The Morgan fingerprint density at radius 2 is 2.22 bits per heavy atom. The molecule has 2 heterocycles. The molecule has 1 amide bonds. The summed E-state index contributed by atoms with van der Waals surface area (Å²) >= 11 is 1.66. The SMILES string of the molecule is CC/C=C(/C)C(=O)Nc1ccc2nc(N3CCOCC3)sc2c1. The number of nitrogens with zero attached hydrogens (tertiary/aromatic N) is 2. The molecule has 1 aromatic carbocycles. The van der Waals surface area contributed by atoms with Crippen molar-refractivity contribution in [2.75, 3.05) is 36.5 Å². The van der Waals surface area contributed by atoms with Gasteiger partial charge in [0.1, 0.15) is 0 Å². The number of anilines is 2. The summed E-state index contributed by atoms with van der Waals surface area (Å²) in [6.45, 7) is 7.11. The lowest BCUT2D eigenvalue weighted by Gasteiger charge is -2.25. The third kappa shape index (κ3) is 3.71. The van der Waals surface area contributed by atoms with Gasteiger partial charge in [-0.1, -0.05) is 24.3 Å². The molecule has 23 heavy (non-hydrogen) atoms. The molecule has 5 nitrogen and oxygen atoms in total. The number of fused-ring (bicyclic) bond motifs is 1. The van der Waals surface area contributed by atoms with Gasteiger partial charge in [-0.2, -0.15) is 0 Å². The highest BCUT2D eigenvalue weighted by atomic mass is 32.1. The standard InChI is InChI=1S/C17H21N3O2S/c1-3-4-12(2)16(21)18-13-5-6-14-15(11-13)23-17(19-14)20-7-9-22-10-8-20/h4-6,11H,3,7-10H2,1-2H3,(H,18,21)/b12-4-. The summed E-state index contributed by atoms with van der Waals surface area (Å²) in [6.07, 6.45) is 2.78. The number of hydrogen-bond acceptors (Lipinski definition) is 5. The summed E-state index contributed by atoms with van der Waals surface area (Å²) in [4.78, 5) is 19.0. The van der Waals surface area contributed by atoms with Gasteiger partial charge >= 0.3 is 0 Å². The van der Waals surface area contributed by atoms with Crippen molar-refractivity contribution >= 4 is 38.3 Å². The van der Waals surface area contributed by atoms with E-state index in [4.69, 9.17) is 4.74 Å². The van der Waals surface area contributed by atoms with Crippen LogP contribution in [0.2, 0.25) is 0 Å². The first-order chi connectivity index (χ1) is 11.2. The molecule has 6 heteroatoms. The van der Waals surface area contributed by atoms with Crippen molar-refractivity contribution in [3.8, 4) is 0 Å². The third-order valence-corrected chi connectivity index (χ3v) is 4.86. The predicted octanol–water partition coefficient (Wildman–Crippen LogP) is 3.43. The lowest BCUT2D eigenvalue weighted by molar-refractivity contribution is -0.112. The first kappa shape index (κ1) is 16.0. The largest absolute Gasteiger partial charge is 0.378 e.